The minimum atomic E-state index is -3.96. The molecule has 2 rings (SSSR count). The second-order valence-corrected chi connectivity index (χ2v) is 8.61. The molecule has 1 aromatic carbocycles. The summed E-state index contributed by atoms with van der Waals surface area (Å²) in [5, 5.41) is 0.432. The van der Waals surface area contributed by atoms with Crippen molar-refractivity contribution in [2.75, 3.05) is 17.8 Å². The molecule has 0 aliphatic heterocycles. The van der Waals surface area contributed by atoms with E-state index < -0.39 is 10.0 Å². The van der Waals surface area contributed by atoms with Crippen LogP contribution in [0.3, 0.4) is 0 Å². The summed E-state index contributed by atoms with van der Waals surface area (Å²) in [5.41, 5.74) is 0.413. The Labute approximate surface area is 166 Å². The molecule has 0 radical (unpaired) electrons. The Bertz CT molecular complexity index is 888. The van der Waals surface area contributed by atoms with Crippen LogP contribution in [0.5, 0.6) is 0 Å². The van der Waals surface area contributed by atoms with Crippen LogP contribution in [-0.2, 0) is 21.2 Å². The third kappa shape index (κ3) is 4.85. The van der Waals surface area contributed by atoms with Gasteiger partial charge in [0.25, 0.3) is 10.0 Å². The van der Waals surface area contributed by atoms with Crippen molar-refractivity contribution in [2.24, 2.45) is 0 Å². The van der Waals surface area contributed by atoms with E-state index in [1.165, 1.54) is 12.1 Å². The van der Waals surface area contributed by atoms with E-state index in [4.69, 9.17) is 23.2 Å². The topological polar surface area (TPSA) is 92.3 Å². The first-order valence-electron chi connectivity index (χ1n) is 7.76. The van der Waals surface area contributed by atoms with Gasteiger partial charge < -0.3 is 4.90 Å². The molecule has 0 aliphatic rings. The lowest BCUT2D eigenvalue weighted by atomic mass is 10.2. The standard InChI is InChI=1S/C15H18Cl2N4O3S2/c1-4-21(5-2)13(22)8-12-18-15(25-19-12)20-26(23,24)14-9(3)6-10(16)7-11(14)17/h6-7H,4-5,8H2,1-3H3,(H,18,19,20). The van der Waals surface area contributed by atoms with Gasteiger partial charge in [0, 0.05) is 29.6 Å². The number of carbonyl (C=O) groups excluding carboxylic acids is 1. The van der Waals surface area contributed by atoms with Gasteiger partial charge in [-0.2, -0.15) is 4.37 Å². The summed E-state index contributed by atoms with van der Waals surface area (Å²) < 4.78 is 31.6. The quantitative estimate of drug-likeness (QED) is 0.717. The fraction of sp³-hybridized carbons (Fsp3) is 0.400. The van der Waals surface area contributed by atoms with Crippen LogP contribution in [0.2, 0.25) is 10.0 Å². The lowest BCUT2D eigenvalue weighted by molar-refractivity contribution is -0.130. The smallest absolute Gasteiger partial charge is 0.265 e. The van der Waals surface area contributed by atoms with E-state index in [2.05, 4.69) is 14.1 Å². The van der Waals surface area contributed by atoms with Gasteiger partial charge in [-0.25, -0.2) is 13.4 Å². The first-order valence-corrected chi connectivity index (χ1v) is 10.8. The highest BCUT2D eigenvalue weighted by Crippen LogP contribution is 2.30. The number of nitrogens with one attached hydrogen (secondary N) is 1. The van der Waals surface area contributed by atoms with Crippen molar-refractivity contribution in [1.82, 2.24) is 14.3 Å². The number of amides is 1. The Morgan fingerprint density at radius 2 is 1.92 bits per heavy atom. The molecule has 1 aromatic heterocycles. The maximum Gasteiger partial charge on any atom is 0.265 e. The summed E-state index contributed by atoms with van der Waals surface area (Å²) in [6.07, 6.45) is 0.0145. The van der Waals surface area contributed by atoms with Gasteiger partial charge in [0.2, 0.25) is 11.0 Å². The van der Waals surface area contributed by atoms with Crippen LogP contribution < -0.4 is 4.72 Å². The first-order chi connectivity index (χ1) is 12.2. The molecule has 0 fully saturated rings. The summed E-state index contributed by atoms with van der Waals surface area (Å²) in [6.45, 7) is 6.54. The second kappa shape index (κ2) is 8.51. The van der Waals surface area contributed by atoms with Crippen molar-refractivity contribution in [3.63, 3.8) is 0 Å². The molecule has 0 aliphatic carbocycles. The Balaban J connectivity index is 2.19. The molecule has 0 unspecified atom stereocenters. The van der Waals surface area contributed by atoms with Gasteiger partial charge in [-0.05, 0) is 38.5 Å². The molecule has 1 heterocycles. The summed E-state index contributed by atoms with van der Waals surface area (Å²) in [4.78, 5) is 17.8. The number of hydrogen-bond acceptors (Lipinski definition) is 6. The van der Waals surface area contributed by atoms with Gasteiger partial charge in [-0.15, -0.1) is 0 Å². The molecule has 0 atom stereocenters. The highest BCUT2D eigenvalue weighted by molar-refractivity contribution is 7.93. The van der Waals surface area contributed by atoms with Crippen molar-refractivity contribution in [3.8, 4) is 0 Å². The molecule has 1 N–H and O–H groups in total. The molecular weight excluding hydrogens is 419 g/mol. The van der Waals surface area contributed by atoms with Gasteiger partial charge in [0.1, 0.15) is 4.90 Å². The maximum atomic E-state index is 12.6. The third-order valence-electron chi connectivity index (χ3n) is 3.58. The summed E-state index contributed by atoms with van der Waals surface area (Å²) in [7, 11) is -3.96. The van der Waals surface area contributed by atoms with Crippen LogP contribution >= 0.6 is 34.7 Å². The number of rotatable bonds is 7. The van der Waals surface area contributed by atoms with Gasteiger partial charge in [0.15, 0.2) is 5.82 Å². The van der Waals surface area contributed by atoms with Gasteiger partial charge in [-0.1, -0.05) is 23.2 Å². The molecule has 2 aromatic rings. The highest BCUT2D eigenvalue weighted by Gasteiger charge is 2.23. The molecule has 11 heteroatoms. The van der Waals surface area contributed by atoms with Gasteiger partial charge >= 0.3 is 0 Å². The van der Waals surface area contributed by atoms with Crippen LogP contribution in [0.4, 0.5) is 5.13 Å². The maximum absolute atomic E-state index is 12.6. The Morgan fingerprint density at radius 3 is 2.50 bits per heavy atom. The van der Waals surface area contributed by atoms with Gasteiger partial charge in [0.05, 0.1) is 11.4 Å². The summed E-state index contributed by atoms with van der Waals surface area (Å²) in [6, 6.07) is 2.87. The number of aryl methyl sites for hydroxylation is 1. The summed E-state index contributed by atoms with van der Waals surface area (Å²) >= 11 is 12.8. The normalized spacial score (nSPS) is 11.4. The molecule has 26 heavy (non-hydrogen) atoms. The molecule has 1 amide bonds. The zero-order chi connectivity index (χ0) is 19.5. The number of aromatic nitrogens is 2. The van der Waals surface area contributed by atoms with E-state index in [0.29, 0.717) is 23.7 Å². The Hall–Kier alpha value is -1.42. The number of sulfonamides is 1. The number of nitrogens with zero attached hydrogens (tertiary/aromatic N) is 3. The third-order valence-corrected chi connectivity index (χ3v) is 6.55. The van der Waals surface area contributed by atoms with E-state index in [9.17, 15) is 13.2 Å². The second-order valence-electron chi connectivity index (χ2n) is 5.40. The molecule has 0 bridgehead atoms. The van der Waals surface area contributed by atoms with Crippen LogP contribution in [0.25, 0.3) is 0 Å². The van der Waals surface area contributed by atoms with Crippen molar-refractivity contribution >= 4 is 55.8 Å². The zero-order valence-corrected chi connectivity index (χ0v) is 17.6. The zero-order valence-electron chi connectivity index (χ0n) is 14.4. The number of anilines is 1. The average Bonchev–Trinajstić information content (AvgIpc) is 2.93. The number of carbonyl (C=O) groups is 1. The van der Waals surface area contributed by atoms with E-state index >= 15 is 0 Å². The largest absolute Gasteiger partial charge is 0.343 e. The SMILES string of the molecule is CCN(CC)C(=O)Cc1nsc(NS(=O)(=O)c2c(C)cc(Cl)cc2Cl)n1. The molecule has 0 spiro atoms. The van der Waals surface area contributed by atoms with E-state index in [1.807, 2.05) is 13.8 Å². The molecule has 0 saturated heterocycles. The van der Waals surface area contributed by atoms with Crippen LogP contribution in [0, 0.1) is 6.92 Å². The Morgan fingerprint density at radius 1 is 1.27 bits per heavy atom. The molecular formula is C15H18Cl2N4O3S2. The van der Waals surface area contributed by atoms with Gasteiger partial charge in [-0.3, -0.25) is 9.52 Å². The fourth-order valence-corrected chi connectivity index (χ4v) is 5.38. The molecule has 7 nitrogen and oxygen atoms in total. The molecule has 142 valence electrons. The monoisotopic (exact) mass is 436 g/mol. The van der Waals surface area contributed by atoms with Crippen LogP contribution in [-0.4, -0.2) is 41.7 Å². The number of benzene rings is 1. The van der Waals surface area contributed by atoms with E-state index in [0.717, 1.165) is 11.5 Å². The van der Waals surface area contributed by atoms with Crippen molar-refractivity contribution in [3.05, 3.63) is 33.6 Å². The number of hydrogen-bond donors (Lipinski definition) is 1. The summed E-state index contributed by atoms with van der Waals surface area (Å²) in [5.74, 6) is 0.155. The molecule has 0 saturated carbocycles. The highest BCUT2D eigenvalue weighted by atomic mass is 35.5. The van der Waals surface area contributed by atoms with Crippen molar-refractivity contribution in [2.45, 2.75) is 32.1 Å². The van der Waals surface area contributed by atoms with Crippen molar-refractivity contribution < 1.29 is 13.2 Å². The lowest BCUT2D eigenvalue weighted by Gasteiger charge is -2.17. The van der Waals surface area contributed by atoms with Crippen LogP contribution in [0.15, 0.2) is 17.0 Å². The Kier molecular flexibility index (Phi) is 6.84. The first kappa shape index (κ1) is 20.9. The predicted molar refractivity (Wildman–Crippen MR) is 104 cm³/mol. The average molecular weight is 437 g/mol. The fourth-order valence-electron chi connectivity index (χ4n) is 2.39. The van der Waals surface area contributed by atoms with Crippen LogP contribution in [0.1, 0.15) is 25.2 Å². The minimum Gasteiger partial charge on any atom is -0.343 e. The van der Waals surface area contributed by atoms with E-state index in [-0.39, 0.29) is 33.2 Å². The number of likely N-dealkylation sites (N-methyl/N-ethyl adjacent to an activating group) is 1. The van der Waals surface area contributed by atoms with E-state index in [1.54, 1.807) is 11.8 Å². The lowest BCUT2D eigenvalue weighted by Crippen LogP contribution is -2.32. The predicted octanol–water partition coefficient (Wildman–Crippen LogP) is 3.37. The number of halogens is 2. The minimum absolute atomic E-state index is 0.0145. The van der Waals surface area contributed by atoms with Crippen molar-refractivity contribution in [1.29, 1.82) is 0 Å².